The van der Waals surface area contributed by atoms with Gasteiger partial charge in [-0.25, -0.2) is 13.1 Å². The van der Waals surface area contributed by atoms with E-state index < -0.39 is 10.0 Å². The Morgan fingerprint density at radius 1 is 1.56 bits per heavy atom. The molecule has 8 nitrogen and oxygen atoms in total. The second-order valence-corrected chi connectivity index (χ2v) is 4.72. The lowest BCUT2D eigenvalue weighted by molar-refractivity contribution is 0.573. The van der Waals surface area contributed by atoms with Crippen molar-refractivity contribution in [3.05, 3.63) is 22.7 Å². The molecule has 0 atom stereocenters. The number of H-pyrrole nitrogens is 1. The van der Waals surface area contributed by atoms with Crippen molar-refractivity contribution < 1.29 is 8.42 Å². The van der Waals surface area contributed by atoms with Crippen LogP contribution in [0.4, 0.5) is 0 Å². The first-order valence-electron chi connectivity index (χ1n) is 4.67. The van der Waals surface area contributed by atoms with E-state index in [2.05, 4.69) is 24.9 Å². The first-order chi connectivity index (χ1) is 7.67. The summed E-state index contributed by atoms with van der Waals surface area (Å²) in [5, 5.41) is 9.32. The highest BCUT2D eigenvalue weighted by molar-refractivity contribution is 7.89. The van der Waals surface area contributed by atoms with Gasteiger partial charge < -0.3 is 0 Å². The Morgan fingerprint density at radius 2 is 2.38 bits per heavy atom. The van der Waals surface area contributed by atoms with Crippen molar-refractivity contribution in [2.45, 2.75) is 17.9 Å². The van der Waals surface area contributed by atoms with Crippen molar-refractivity contribution in [2.75, 3.05) is 13.1 Å². The van der Waals surface area contributed by atoms with Crippen LogP contribution < -0.4 is 4.72 Å². The van der Waals surface area contributed by atoms with E-state index in [4.69, 9.17) is 5.53 Å². The van der Waals surface area contributed by atoms with Crippen molar-refractivity contribution in [3.8, 4) is 0 Å². The van der Waals surface area contributed by atoms with Crippen LogP contribution in [0.15, 0.2) is 22.4 Å². The van der Waals surface area contributed by atoms with Crippen LogP contribution in [-0.4, -0.2) is 31.7 Å². The standard InChI is InChI=1S/C7H12N6O2S/c8-13-10-4-1-2-5-11-16(14,15)7-3-6-9-12-7/h3,6,11H,1-2,4-5H2,(H,9,12). The molecule has 0 aliphatic carbocycles. The van der Waals surface area contributed by atoms with Gasteiger partial charge in [0, 0.05) is 18.0 Å². The van der Waals surface area contributed by atoms with Gasteiger partial charge >= 0.3 is 0 Å². The predicted molar refractivity (Wildman–Crippen MR) is 57.0 cm³/mol. The number of unbranched alkanes of at least 4 members (excludes halogenated alkanes) is 1. The van der Waals surface area contributed by atoms with Crippen LogP contribution in [0.5, 0.6) is 0 Å². The SMILES string of the molecule is [N-]=[N+]=NCCCCNS(=O)(=O)c1ccn[nH]1. The maximum absolute atomic E-state index is 11.5. The Balaban J connectivity index is 2.30. The summed E-state index contributed by atoms with van der Waals surface area (Å²) >= 11 is 0. The average Bonchev–Trinajstić information content (AvgIpc) is 2.77. The summed E-state index contributed by atoms with van der Waals surface area (Å²) in [4.78, 5) is 2.60. The van der Waals surface area contributed by atoms with Crippen molar-refractivity contribution in [1.29, 1.82) is 0 Å². The van der Waals surface area contributed by atoms with E-state index in [-0.39, 0.29) is 5.03 Å². The summed E-state index contributed by atoms with van der Waals surface area (Å²) in [6.45, 7) is 0.685. The molecular formula is C7H12N6O2S. The molecule has 0 unspecified atom stereocenters. The molecule has 1 aromatic heterocycles. The van der Waals surface area contributed by atoms with Gasteiger partial charge in [0.15, 0.2) is 5.03 Å². The lowest BCUT2D eigenvalue weighted by atomic mass is 10.3. The Labute approximate surface area is 92.7 Å². The zero-order chi connectivity index (χ0) is 11.9. The maximum Gasteiger partial charge on any atom is 0.257 e. The molecule has 0 amide bonds. The number of hydrogen-bond donors (Lipinski definition) is 2. The third-order valence-electron chi connectivity index (χ3n) is 1.80. The number of nitrogens with one attached hydrogen (secondary N) is 2. The molecule has 0 aromatic carbocycles. The highest BCUT2D eigenvalue weighted by atomic mass is 32.2. The van der Waals surface area contributed by atoms with Gasteiger partial charge in [0.1, 0.15) is 0 Å². The molecule has 1 aromatic rings. The Bertz CT molecular complexity index is 447. The fraction of sp³-hybridized carbons (Fsp3) is 0.571. The maximum atomic E-state index is 11.5. The van der Waals surface area contributed by atoms with Crippen LogP contribution in [0.2, 0.25) is 0 Å². The zero-order valence-corrected chi connectivity index (χ0v) is 9.31. The Kier molecular flexibility index (Phi) is 4.77. The molecular weight excluding hydrogens is 232 g/mol. The summed E-state index contributed by atoms with van der Waals surface area (Å²) in [5.41, 5.74) is 8.01. The quantitative estimate of drug-likeness (QED) is 0.318. The number of aromatic nitrogens is 2. The van der Waals surface area contributed by atoms with Crippen molar-refractivity contribution in [3.63, 3.8) is 0 Å². The van der Waals surface area contributed by atoms with E-state index in [1.54, 1.807) is 0 Å². The van der Waals surface area contributed by atoms with E-state index in [9.17, 15) is 8.42 Å². The largest absolute Gasteiger partial charge is 0.266 e. The molecule has 88 valence electrons. The Hall–Kier alpha value is -1.57. The lowest BCUT2D eigenvalue weighted by Gasteiger charge is -2.03. The smallest absolute Gasteiger partial charge is 0.257 e. The molecule has 0 radical (unpaired) electrons. The minimum Gasteiger partial charge on any atom is -0.266 e. The van der Waals surface area contributed by atoms with Crippen molar-refractivity contribution in [1.82, 2.24) is 14.9 Å². The number of nitrogens with zero attached hydrogens (tertiary/aromatic N) is 4. The van der Waals surface area contributed by atoms with Gasteiger partial charge in [-0.2, -0.15) is 5.10 Å². The van der Waals surface area contributed by atoms with Crippen LogP contribution >= 0.6 is 0 Å². The lowest BCUT2D eigenvalue weighted by Crippen LogP contribution is -2.25. The van der Waals surface area contributed by atoms with Crippen LogP contribution in [-0.2, 0) is 10.0 Å². The topological polar surface area (TPSA) is 124 Å². The predicted octanol–water partition coefficient (Wildman–Crippen LogP) is 0.778. The summed E-state index contributed by atoms with van der Waals surface area (Å²) < 4.78 is 25.4. The van der Waals surface area contributed by atoms with E-state index >= 15 is 0 Å². The number of hydrogen-bond acceptors (Lipinski definition) is 4. The summed E-state index contributed by atoms with van der Waals surface area (Å²) in [6, 6.07) is 1.38. The molecule has 16 heavy (non-hydrogen) atoms. The van der Waals surface area contributed by atoms with Gasteiger partial charge in [0.05, 0.1) is 6.20 Å². The van der Waals surface area contributed by atoms with Crippen LogP contribution in [0.3, 0.4) is 0 Å². The normalized spacial score (nSPS) is 11.0. The van der Waals surface area contributed by atoms with E-state index in [0.29, 0.717) is 25.9 Å². The molecule has 0 bridgehead atoms. The van der Waals surface area contributed by atoms with Gasteiger partial charge in [0.2, 0.25) is 0 Å². The van der Waals surface area contributed by atoms with Crippen LogP contribution in [0, 0.1) is 0 Å². The molecule has 0 saturated carbocycles. The van der Waals surface area contributed by atoms with Crippen molar-refractivity contribution >= 4 is 10.0 Å². The fourth-order valence-electron chi connectivity index (χ4n) is 1.03. The van der Waals surface area contributed by atoms with E-state index in [0.717, 1.165) is 0 Å². The van der Waals surface area contributed by atoms with Crippen LogP contribution in [0.25, 0.3) is 10.4 Å². The minimum atomic E-state index is -3.48. The summed E-state index contributed by atoms with van der Waals surface area (Å²) in [6.07, 6.45) is 2.64. The molecule has 9 heteroatoms. The van der Waals surface area contributed by atoms with Crippen LogP contribution in [0.1, 0.15) is 12.8 Å². The molecule has 0 spiro atoms. The minimum absolute atomic E-state index is 0.0440. The number of aromatic amines is 1. The summed E-state index contributed by atoms with van der Waals surface area (Å²) in [5.74, 6) is 0. The van der Waals surface area contributed by atoms with E-state index in [1.165, 1.54) is 12.3 Å². The second kappa shape index (κ2) is 6.11. The molecule has 0 aliphatic rings. The molecule has 1 heterocycles. The van der Waals surface area contributed by atoms with Crippen molar-refractivity contribution in [2.24, 2.45) is 5.11 Å². The Morgan fingerprint density at radius 3 is 3.00 bits per heavy atom. The number of sulfonamides is 1. The summed E-state index contributed by atoms with van der Waals surface area (Å²) in [7, 11) is -3.48. The van der Waals surface area contributed by atoms with Gasteiger partial charge in [-0.15, -0.1) is 0 Å². The van der Waals surface area contributed by atoms with Gasteiger partial charge in [0.25, 0.3) is 10.0 Å². The molecule has 2 N–H and O–H groups in total. The van der Waals surface area contributed by atoms with Gasteiger partial charge in [-0.1, -0.05) is 5.11 Å². The molecule has 0 aliphatic heterocycles. The average molecular weight is 244 g/mol. The number of azide groups is 1. The molecule has 0 fully saturated rings. The third kappa shape index (κ3) is 3.89. The highest BCUT2D eigenvalue weighted by Gasteiger charge is 2.13. The monoisotopic (exact) mass is 244 g/mol. The second-order valence-electron chi connectivity index (χ2n) is 2.98. The first-order valence-corrected chi connectivity index (χ1v) is 6.15. The van der Waals surface area contributed by atoms with E-state index in [1.807, 2.05) is 0 Å². The molecule has 1 rings (SSSR count). The zero-order valence-electron chi connectivity index (χ0n) is 8.50. The fourth-order valence-corrected chi connectivity index (χ4v) is 2.01. The van der Waals surface area contributed by atoms with Gasteiger partial charge in [-0.3, -0.25) is 5.10 Å². The highest BCUT2D eigenvalue weighted by Crippen LogP contribution is 2.02. The first kappa shape index (κ1) is 12.5. The number of rotatable bonds is 7. The molecule has 0 saturated heterocycles. The third-order valence-corrected chi connectivity index (χ3v) is 3.20. The van der Waals surface area contributed by atoms with Gasteiger partial charge in [-0.05, 0) is 24.4 Å².